The van der Waals surface area contributed by atoms with Gasteiger partial charge in [-0.25, -0.2) is 0 Å². The van der Waals surface area contributed by atoms with Gasteiger partial charge in [0.05, 0.1) is 6.10 Å². The van der Waals surface area contributed by atoms with Crippen LogP contribution in [0.3, 0.4) is 0 Å². The maximum absolute atomic E-state index is 10.2. The molecule has 0 heterocycles. The van der Waals surface area contributed by atoms with Gasteiger partial charge < -0.3 is 10.2 Å². The number of rotatable bonds is 2. The standard InChI is InChI=1S/C18H28O2/c1-13(7-5-11-17(2,3)20)14-9-10-15-16(19)8-6-12-18(14,15)4/h9,13,15-16,19-20H,6-8,10,12H2,1-4H3. The zero-order valence-corrected chi connectivity index (χ0v) is 13.2. The molecule has 1 saturated carbocycles. The zero-order chi connectivity index (χ0) is 15.0. The molecule has 0 radical (unpaired) electrons. The number of aliphatic hydroxyl groups is 2. The molecule has 0 saturated heterocycles. The van der Waals surface area contributed by atoms with E-state index < -0.39 is 5.60 Å². The molecule has 0 aromatic rings. The first kappa shape index (κ1) is 15.6. The van der Waals surface area contributed by atoms with Gasteiger partial charge in [-0.3, -0.25) is 0 Å². The molecule has 0 amide bonds. The van der Waals surface area contributed by atoms with Gasteiger partial charge in [0, 0.05) is 6.42 Å². The molecule has 0 bridgehead atoms. The second kappa shape index (κ2) is 5.54. The average molecular weight is 276 g/mol. The van der Waals surface area contributed by atoms with Crippen LogP contribution in [-0.4, -0.2) is 21.9 Å². The summed E-state index contributed by atoms with van der Waals surface area (Å²) in [5, 5.41) is 19.9. The molecule has 0 aromatic carbocycles. The Balaban J connectivity index is 2.07. The molecule has 0 spiro atoms. The van der Waals surface area contributed by atoms with Crippen molar-refractivity contribution in [3.8, 4) is 11.8 Å². The highest BCUT2D eigenvalue weighted by atomic mass is 16.3. The Bertz CT molecular complexity index is 446. The number of aliphatic hydroxyl groups excluding tert-OH is 1. The first-order valence-corrected chi connectivity index (χ1v) is 7.85. The fraction of sp³-hybridized carbons (Fsp3) is 0.778. The highest BCUT2D eigenvalue weighted by Crippen LogP contribution is 2.54. The molecule has 2 heteroatoms. The first-order chi connectivity index (χ1) is 9.24. The van der Waals surface area contributed by atoms with E-state index in [9.17, 15) is 10.2 Å². The molecule has 2 aliphatic rings. The smallest absolute Gasteiger partial charge is 0.119 e. The van der Waals surface area contributed by atoms with Crippen LogP contribution in [0.4, 0.5) is 0 Å². The van der Waals surface area contributed by atoms with Crippen molar-refractivity contribution in [2.75, 3.05) is 0 Å². The van der Waals surface area contributed by atoms with Crippen LogP contribution in [0, 0.1) is 29.1 Å². The van der Waals surface area contributed by atoms with Crippen LogP contribution in [0.5, 0.6) is 0 Å². The summed E-state index contributed by atoms with van der Waals surface area (Å²) in [6.45, 7) is 7.97. The van der Waals surface area contributed by atoms with E-state index in [1.54, 1.807) is 13.8 Å². The van der Waals surface area contributed by atoms with Gasteiger partial charge >= 0.3 is 0 Å². The van der Waals surface area contributed by atoms with E-state index in [4.69, 9.17) is 0 Å². The molecular weight excluding hydrogens is 248 g/mol. The molecule has 4 unspecified atom stereocenters. The van der Waals surface area contributed by atoms with Crippen LogP contribution in [-0.2, 0) is 0 Å². The number of hydrogen-bond acceptors (Lipinski definition) is 2. The molecule has 0 aliphatic heterocycles. The summed E-state index contributed by atoms with van der Waals surface area (Å²) in [5.41, 5.74) is 0.733. The third-order valence-electron chi connectivity index (χ3n) is 5.06. The van der Waals surface area contributed by atoms with E-state index in [2.05, 4.69) is 31.8 Å². The summed E-state index contributed by atoms with van der Waals surface area (Å²) in [6.07, 6.45) is 7.25. The Labute approximate surface area is 123 Å². The van der Waals surface area contributed by atoms with Crippen molar-refractivity contribution in [2.45, 2.75) is 71.5 Å². The van der Waals surface area contributed by atoms with E-state index in [1.807, 2.05) is 0 Å². The lowest BCUT2D eigenvalue weighted by Crippen LogP contribution is -2.39. The van der Waals surface area contributed by atoms with Gasteiger partial charge in [-0.15, -0.1) is 0 Å². The Morgan fingerprint density at radius 3 is 2.85 bits per heavy atom. The zero-order valence-electron chi connectivity index (χ0n) is 13.2. The molecule has 0 aromatic heterocycles. The fourth-order valence-corrected chi connectivity index (χ4v) is 4.05. The van der Waals surface area contributed by atoms with Crippen LogP contribution in [0.1, 0.15) is 59.8 Å². The minimum Gasteiger partial charge on any atom is -0.393 e. The van der Waals surface area contributed by atoms with Crippen molar-refractivity contribution >= 4 is 0 Å². The highest BCUT2D eigenvalue weighted by molar-refractivity contribution is 5.27. The average Bonchev–Trinajstić information content (AvgIpc) is 2.66. The maximum atomic E-state index is 10.2. The summed E-state index contributed by atoms with van der Waals surface area (Å²) in [7, 11) is 0. The third-order valence-corrected chi connectivity index (χ3v) is 5.06. The highest BCUT2D eigenvalue weighted by Gasteiger charge is 2.47. The van der Waals surface area contributed by atoms with Crippen molar-refractivity contribution in [1.82, 2.24) is 0 Å². The van der Waals surface area contributed by atoms with Gasteiger partial charge in [0.1, 0.15) is 5.60 Å². The van der Waals surface area contributed by atoms with Gasteiger partial charge in [-0.1, -0.05) is 37.3 Å². The largest absolute Gasteiger partial charge is 0.393 e. The van der Waals surface area contributed by atoms with Crippen molar-refractivity contribution in [1.29, 1.82) is 0 Å². The second-order valence-corrected chi connectivity index (χ2v) is 7.34. The Hall–Kier alpha value is -0.780. The number of fused-ring (bicyclic) bond motifs is 1. The van der Waals surface area contributed by atoms with Crippen molar-refractivity contribution in [2.24, 2.45) is 17.3 Å². The van der Waals surface area contributed by atoms with Crippen molar-refractivity contribution < 1.29 is 10.2 Å². The van der Waals surface area contributed by atoms with E-state index in [0.29, 0.717) is 11.8 Å². The van der Waals surface area contributed by atoms with Crippen LogP contribution < -0.4 is 0 Å². The first-order valence-electron chi connectivity index (χ1n) is 7.85. The number of allylic oxidation sites excluding steroid dienone is 2. The quantitative estimate of drug-likeness (QED) is 0.600. The van der Waals surface area contributed by atoms with Gasteiger partial charge in [-0.2, -0.15) is 0 Å². The lowest BCUT2D eigenvalue weighted by molar-refractivity contribution is 0.00809. The molecule has 112 valence electrons. The normalized spacial score (nSPS) is 34.8. The van der Waals surface area contributed by atoms with Crippen LogP contribution in [0.2, 0.25) is 0 Å². The minimum absolute atomic E-state index is 0.142. The minimum atomic E-state index is -0.906. The van der Waals surface area contributed by atoms with Gasteiger partial charge in [0.2, 0.25) is 0 Å². The van der Waals surface area contributed by atoms with E-state index in [0.717, 1.165) is 25.7 Å². The lowest BCUT2D eigenvalue weighted by atomic mass is 9.63. The van der Waals surface area contributed by atoms with Gasteiger partial charge in [0.25, 0.3) is 0 Å². The van der Waals surface area contributed by atoms with Gasteiger partial charge in [0.15, 0.2) is 0 Å². The monoisotopic (exact) mass is 276 g/mol. The Kier molecular flexibility index (Phi) is 4.33. The molecule has 2 N–H and O–H groups in total. The Morgan fingerprint density at radius 1 is 1.50 bits per heavy atom. The third kappa shape index (κ3) is 3.10. The van der Waals surface area contributed by atoms with Gasteiger partial charge in [-0.05, 0) is 56.8 Å². The number of hydrogen-bond donors (Lipinski definition) is 2. The predicted octanol–water partition coefficient (Wildman–Crippen LogP) is 3.28. The topological polar surface area (TPSA) is 40.5 Å². The second-order valence-electron chi connectivity index (χ2n) is 7.34. The predicted molar refractivity (Wildman–Crippen MR) is 82.0 cm³/mol. The van der Waals surface area contributed by atoms with E-state index in [1.165, 1.54) is 12.0 Å². The summed E-state index contributed by atoms with van der Waals surface area (Å²) >= 11 is 0. The lowest BCUT2D eigenvalue weighted by Gasteiger charge is -2.43. The molecular formula is C18H28O2. The molecule has 2 nitrogen and oxygen atoms in total. The summed E-state index contributed by atoms with van der Waals surface area (Å²) in [6, 6.07) is 0. The SMILES string of the molecule is CC(CC#CC(C)(C)O)C1=CCC2C(O)CCCC12C. The Morgan fingerprint density at radius 2 is 2.20 bits per heavy atom. The molecule has 2 rings (SSSR count). The van der Waals surface area contributed by atoms with Crippen LogP contribution >= 0.6 is 0 Å². The van der Waals surface area contributed by atoms with E-state index >= 15 is 0 Å². The van der Waals surface area contributed by atoms with Crippen LogP contribution in [0.25, 0.3) is 0 Å². The molecule has 4 atom stereocenters. The van der Waals surface area contributed by atoms with Crippen molar-refractivity contribution in [3.05, 3.63) is 11.6 Å². The summed E-state index contributed by atoms with van der Waals surface area (Å²) in [4.78, 5) is 0. The van der Waals surface area contributed by atoms with E-state index in [-0.39, 0.29) is 11.5 Å². The van der Waals surface area contributed by atoms with Crippen molar-refractivity contribution in [3.63, 3.8) is 0 Å². The molecule has 1 fully saturated rings. The summed E-state index contributed by atoms with van der Waals surface area (Å²) < 4.78 is 0. The fourth-order valence-electron chi connectivity index (χ4n) is 4.05. The maximum Gasteiger partial charge on any atom is 0.119 e. The molecule has 2 aliphatic carbocycles. The summed E-state index contributed by atoms with van der Waals surface area (Å²) in [5.74, 6) is 6.83. The molecule has 20 heavy (non-hydrogen) atoms. The van der Waals surface area contributed by atoms with Crippen LogP contribution in [0.15, 0.2) is 11.6 Å².